The fourth-order valence-electron chi connectivity index (χ4n) is 3.49. The van der Waals surface area contributed by atoms with Gasteiger partial charge in [0, 0.05) is 28.3 Å². The zero-order chi connectivity index (χ0) is 26.1. The van der Waals surface area contributed by atoms with Crippen LogP contribution in [-0.4, -0.2) is 28.4 Å². The number of methoxy groups -OCH3 is 1. The second-order valence-corrected chi connectivity index (χ2v) is 9.16. The van der Waals surface area contributed by atoms with Gasteiger partial charge in [0.1, 0.15) is 23.1 Å². The van der Waals surface area contributed by atoms with Gasteiger partial charge in [-0.15, -0.1) is 0 Å². The topological polar surface area (TPSA) is 83.6 Å². The standard InChI is InChI=1S/C24H24ClF3N2O5/c1-6-18(22(32)34-23(2,3)4)30-12-19(33-5)16(10-21(30)31)15-9-13(25)7-8-14(15)17-11-20(35-29-17)24(26,27)28/h7-12,18H,6H2,1-5H3. The molecule has 1 atom stereocenters. The van der Waals surface area contributed by atoms with Gasteiger partial charge in [-0.05, 0) is 44.9 Å². The predicted molar refractivity (Wildman–Crippen MR) is 123 cm³/mol. The highest BCUT2D eigenvalue weighted by Crippen LogP contribution is 2.40. The maximum Gasteiger partial charge on any atom is 0.452 e. The van der Waals surface area contributed by atoms with Crippen LogP contribution in [0.2, 0.25) is 5.02 Å². The first-order valence-corrected chi connectivity index (χ1v) is 11.0. The lowest BCUT2D eigenvalue weighted by molar-refractivity contribution is -0.159. The molecule has 0 saturated carbocycles. The molecule has 0 fully saturated rings. The van der Waals surface area contributed by atoms with Gasteiger partial charge in [-0.25, -0.2) is 4.79 Å². The van der Waals surface area contributed by atoms with E-state index in [0.717, 1.165) is 6.07 Å². The molecule has 188 valence electrons. The molecule has 35 heavy (non-hydrogen) atoms. The maximum absolute atomic E-state index is 13.1. The van der Waals surface area contributed by atoms with E-state index < -0.39 is 35.1 Å². The van der Waals surface area contributed by atoms with E-state index in [1.807, 2.05) is 0 Å². The minimum Gasteiger partial charge on any atom is -0.495 e. The van der Waals surface area contributed by atoms with Crippen molar-refractivity contribution in [1.82, 2.24) is 9.72 Å². The Labute approximate surface area is 204 Å². The number of rotatable bonds is 6. The van der Waals surface area contributed by atoms with Crippen molar-refractivity contribution in [3.63, 3.8) is 0 Å². The lowest BCUT2D eigenvalue weighted by Gasteiger charge is -2.25. The van der Waals surface area contributed by atoms with E-state index in [1.165, 1.54) is 42.1 Å². The molecule has 0 spiro atoms. The molecule has 11 heteroatoms. The molecule has 3 aromatic rings. The molecule has 7 nitrogen and oxygen atoms in total. The summed E-state index contributed by atoms with van der Waals surface area (Å²) in [5, 5.41) is 3.81. The summed E-state index contributed by atoms with van der Waals surface area (Å²) < 4.78 is 55.7. The molecule has 2 heterocycles. The van der Waals surface area contributed by atoms with Crippen molar-refractivity contribution in [1.29, 1.82) is 0 Å². The molecular weight excluding hydrogens is 489 g/mol. The van der Waals surface area contributed by atoms with Crippen molar-refractivity contribution < 1.29 is 32.0 Å². The third-order valence-electron chi connectivity index (χ3n) is 5.00. The Kier molecular flexibility index (Phi) is 7.35. The number of nitrogens with zero attached hydrogens (tertiary/aromatic N) is 2. The molecule has 2 aromatic heterocycles. The predicted octanol–water partition coefficient (Wildman–Crippen LogP) is 6.14. The Balaban J connectivity index is 2.16. The second kappa shape index (κ2) is 9.77. The molecule has 0 saturated heterocycles. The zero-order valence-corrected chi connectivity index (χ0v) is 20.5. The molecule has 3 rings (SSSR count). The molecule has 0 aliphatic heterocycles. The monoisotopic (exact) mass is 512 g/mol. The Hall–Kier alpha value is -3.27. The number of aromatic nitrogens is 2. The Morgan fingerprint density at radius 1 is 1.14 bits per heavy atom. The molecular formula is C24H24ClF3N2O5. The van der Waals surface area contributed by atoms with Gasteiger partial charge in [0.05, 0.1) is 13.3 Å². The van der Waals surface area contributed by atoms with Crippen LogP contribution >= 0.6 is 11.6 Å². The molecule has 0 bridgehead atoms. The van der Waals surface area contributed by atoms with Crippen molar-refractivity contribution in [2.24, 2.45) is 0 Å². The van der Waals surface area contributed by atoms with Crippen LogP contribution in [0, 0.1) is 0 Å². The van der Waals surface area contributed by atoms with Crippen LogP contribution in [0.3, 0.4) is 0 Å². The van der Waals surface area contributed by atoms with E-state index in [4.69, 9.17) is 21.1 Å². The maximum atomic E-state index is 13.1. The number of halogens is 4. The van der Waals surface area contributed by atoms with E-state index in [9.17, 15) is 22.8 Å². The highest BCUT2D eigenvalue weighted by atomic mass is 35.5. The van der Waals surface area contributed by atoms with Gasteiger partial charge in [0.25, 0.3) is 5.56 Å². The van der Waals surface area contributed by atoms with Crippen molar-refractivity contribution in [2.45, 2.75) is 51.9 Å². The minimum absolute atomic E-state index is 0.101. The largest absolute Gasteiger partial charge is 0.495 e. The van der Waals surface area contributed by atoms with Crippen molar-refractivity contribution in [3.05, 3.63) is 57.7 Å². The average molecular weight is 513 g/mol. The van der Waals surface area contributed by atoms with Gasteiger partial charge in [-0.1, -0.05) is 29.7 Å². The Morgan fingerprint density at radius 2 is 1.83 bits per heavy atom. The molecule has 0 amide bonds. The first kappa shape index (κ1) is 26.3. The van der Waals surface area contributed by atoms with Gasteiger partial charge in [-0.3, -0.25) is 9.36 Å². The van der Waals surface area contributed by atoms with Crippen LogP contribution in [0.25, 0.3) is 22.4 Å². The number of alkyl halides is 3. The summed E-state index contributed by atoms with van der Waals surface area (Å²) in [5.74, 6) is -1.66. The number of carbonyl (C=O) groups is 1. The third kappa shape index (κ3) is 5.87. The van der Waals surface area contributed by atoms with Gasteiger partial charge >= 0.3 is 12.1 Å². The second-order valence-electron chi connectivity index (χ2n) is 8.72. The average Bonchev–Trinajstić information content (AvgIpc) is 3.24. The van der Waals surface area contributed by atoms with Crippen LogP contribution in [0.1, 0.15) is 45.9 Å². The van der Waals surface area contributed by atoms with E-state index in [-0.39, 0.29) is 34.0 Å². The summed E-state index contributed by atoms with van der Waals surface area (Å²) >= 11 is 6.17. The van der Waals surface area contributed by atoms with Crippen LogP contribution in [0.5, 0.6) is 5.75 Å². The molecule has 1 unspecified atom stereocenters. The number of benzene rings is 1. The van der Waals surface area contributed by atoms with Crippen molar-refractivity contribution >= 4 is 17.6 Å². The smallest absolute Gasteiger partial charge is 0.452 e. The van der Waals surface area contributed by atoms with Gasteiger partial charge in [0.2, 0.25) is 5.76 Å². The van der Waals surface area contributed by atoms with E-state index in [1.54, 1.807) is 27.7 Å². The summed E-state index contributed by atoms with van der Waals surface area (Å²) in [6.07, 6.45) is -3.07. The fraction of sp³-hybridized carbons (Fsp3) is 0.375. The lowest BCUT2D eigenvalue weighted by atomic mass is 9.97. The van der Waals surface area contributed by atoms with Crippen LogP contribution < -0.4 is 10.3 Å². The normalized spacial score (nSPS) is 12.9. The van der Waals surface area contributed by atoms with Gasteiger partial charge in [0.15, 0.2) is 0 Å². The highest BCUT2D eigenvalue weighted by molar-refractivity contribution is 6.31. The molecule has 0 aliphatic carbocycles. The molecule has 0 radical (unpaired) electrons. The van der Waals surface area contributed by atoms with Crippen molar-refractivity contribution in [3.8, 4) is 28.1 Å². The third-order valence-corrected chi connectivity index (χ3v) is 5.24. The van der Waals surface area contributed by atoms with E-state index in [0.29, 0.717) is 5.56 Å². The van der Waals surface area contributed by atoms with Crippen LogP contribution in [-0.2, 0) is 15.7 Å². The quantitative estimate of drug-likeness (QED) is 0.369. The number of esters is 1. The SMILES string of the molecule is CCC(C(=O)OC(C)(C)C)n1cc(OC)c(-c2cc(Cl)ccc2-c2cc(C(F)(F)F)on2)cc1=O. The highest BCUT2D eigenvalue weighted by Gasteiger charge is 2.36. The summed E-state index contributed by atoms with van der Waals surface area (Å²) in [6.45, 7) is 6.90. The Morgan fingerprint density at radius 3 is 2.37 bits per heavy atom. The molecule has 0 aliphatic rings. The van der Waals surface area contributed by atoms with Gasteiger partial charge < -0.3 is 14.0 Å². The van der Waals surface area contributed by atoms with Crippen molar-refractivity contribution in [2.75, 3.05) is 7.11 Å². The van der Waals surface area contributed by atoms with Gasteiger partial charge in [-0.2, -0.15) is 13.2 Å². The summed E-state index contributed by atoms with van der Waals surface area (Å²) in [7, 11) is 1.37. The summed E-state index contributed by atoms with van der Waals surface area (Å²) in [5.41, 5.74) is -0.604. The zero-order valence-electron chi connectivity index (χ0n) is 19.7. The molecule has 0 N–H and O–H groups in total. The minimum atomic E-state index is -4.72. The van der Waals surface area contributed by atoms with Crippen LogP contribution in [0.4, 0.5) is 13.2 Å². The number of carbonyl (C=O) groups excluding carboxylic acids is 1. The number of hydrogen-bond acceptors (Lipinski definition) is 6. The Bertz CT molecular complexity index is 1290. The van der Waals surface area contributed by atoms with E-state index in [2.05, 4.69) is 9.68 Å². The first-order chi connectivity index (χ1) is 16.2. The summed E-state index contributed by atoms with van der Waals surface area (Å²) in [6, 6.07) is 5.50. The number of ether oxygens (including phenoxy) is 2. The lowest BCUT2D eigenvalue weighted by Crippen LogP contribution is -2.34. The fourth-order valence-corrected chi connectivity index (χ4v) is 3.66. The molecule has 1 aromatic carbocycles. The summed E-state index contributed by atoms with van der Waals surface area (Å²) in [4.78, 5) is 25.8. The van der Waals surface area contributed by atoms with E-state index >= 15 is 0 Å². The first-order valence-electron chi connectivity index (χ1n) is 10.6. The number of hydrogen-bond donors (Lipinski definition) is 0. The van der Waals surface area contributed by atoms with Crippen LogP contribution in [0.15, 0.2) is 45.8 Å². The number of pyridine rings is 1.